The van der Waals surface area contributed by atoms with E-state index in [1.54, 1.807) is 0 Å². The zero-order valence-electron chi connectivity index (χ0n) is 6.17. The van der Waals surface area contributed by atoms with Crippen molar-refractivity contribution in [2.45, 2.75) is 19.4 Å². The van der Waals surface area contributed by atoms with Crippen molar-refractivity contribution in [1.82, 2.24) is 0 Å². The Kier molecular flexibility index (Phi) is 3.35. The van der Waals surface area contributed by atoms with Gasteiger partial charge in [0.2, 0.25) is 0 Å². The summed E-state index contributed by atoms with van der Waals surface area (Å²) in [6, 6.07) is 0. The molecular weight excluding hydrogens is 171 g/mol. The van der Waals surface area contributed by atoms with E-state index in [2.05, 4.69) is 0 Å². The van der Waals surface area contributed by atoms with E-state index < -0.39 is 5.60 Å². The van der Waals surface area contributed by atoms with Crippen LogP contribution in [-0.4, -0.2) is 10.7 Å². The van der Waals surface area contributed by atoms with E-state index in [4.69, 9.17) is 0 Å². The molecule has 1 N–H and O–H groups in total. The Bertz CT molecular complexity index is 159. The molecular formula is C8H12CoO+2. The van der Waals surface area contributed by atoms with Gasteiger partial charge in [0, 0.05) is 5.92 Å². The monoisotopic (exact) mass is 183 g/mol. The van der Waals surface area contributed by atoms with E-state index in [0.29, 0.717) is 0 Å². The van der Waals surface area contributed by atoms with Crippen LogP contribution in [0.2, 0.25) is 0 Å². The summed E-state index contributed by atoms with van der Waals surface area (Å²) < 4.78 is 0. The molecule has 2 atom stereocenters. The molecule has 2 unspecified atom stereocenters. The fraction of sp³-hybridized carbons (Fsp3) is 0.500. The van der Waals surface area contributed by atoms with Crippen LogP contribution in [0.15, 0.2) is 24.3 Å². The van der Waals surface area contributed by atoms with Crippen molar-refractivity contribution in [2.24, 2.45) is 5.92 Å². The van der Waals surface area contributed by atoms with Gasteiger partial charge >= 0.3 is 16.8 Å². The molecule has 1 nitrogen and oxygen atoms in total. The van der Waals surface area contributed by atoms with Crippen LogP contribution in [0.4, 0.5) is 0 Å². The number of allylic oxidation sites excluding steroid dienone is 2. The molecule has 1 aliphatic rings. The topological polar surface area (TPSA) is 20.2 Å². The molecule has 10 heavy (non-hydrogen) atoms. The largest absolute Gasteiger partial charge is 2.00 e. The first-order chi connectivity index (χ1) is 4.13. The molecule has 2 heteroatoms. The Balaban J connectivity index is 0.000000810. The van der Waals surface area contributed by atoms with Crippen LogP contribution >= 0.6 is 0 Å². The number of rotatable bonds is 0. The summed E-state index contributed by atoms with van der Waals surface area (Å²) in [5.41, 5.74) is -0.630. The minimum atomic E-state index is -0.630. The third kappa shape index (κ3) is 1.97. The first kappa shape index (κ1) is 9.95. The minimum Gasteiger partial charge on any atom is -0.385 e. The van der Waals surface area contributed by atoms with Gasteiger partial charge in [-0.25, -0.2) is 0 Å². The summed E-state index contributed by atoms with van der Waals surface area (Å²) >= 11 is 0. The van der Waals surface area contributed by atoms with Crippen molar-refractivity contribution in [3.05, 3.63) is 24.3 Å². The second kappa shape index (κ2) is 3.37. The van der Waals surface area contributed by atoms with Gasteiger partial charge in [-0.1, -0.05) is 31.2 Å². The van der Waals surface area contributed by atoms with Crippen molar-refractivity contribution < 1.29 is 21.9 Å². The molecule has 0 saturated heterocycles. The Hall–Kier alpha value is -0.0535. The van der Waals surface area contributed by atoms with Gasteiger partial charge in [0.05, 0.1) is 5.60 Å². The molecule has 1 aliphatic carbocycles. The quantitative estimate of drug-likeness (QED) is 0.603. The van der Waals surface area contributed by atoms with Crippen LogP contribution in [-0.2, 0) is 16.8 Å². The number of aliphatic hydroxyl groups is 1. The molecule has 0 fully saturated rings. The Morgan fingerprint density at radius 1 is 1.40 bits per heavy atom. The molecule has 0 saturated carbocycles. The SMILES string of the molecule is CC1C=CC=CC1(C)O.[Co+2]. The molecule has 0 spiro atoms. The summed E-state index contributed by atoms with van der Waals surface area (Å²) in [4.78, 5) is 0. The van der Waals surface area contributed by atoms with Crippen LogP contribution in [0.5, 0.6) is 0 Å². The van der Waals surface area contributed by atoms with E-state index in [1.807, 2.05) is 38.2 Å². The summed E-state index contributed by atoms with van der Waals surface area (Å²) in [6.45, 7) is 3.82. The van der Waals surface area contributed by atoms with Crippen molar-refractivity contribution in [3.8, 4) is 0 Å². The van der Waals surface area contributed by atoms with Crippen LogP contribution < -0.4 is 0 Å². The summed E-state index contributed by atoms with van der Waals surface area (Å²) in [6.07, 6.45) is 7.65. The van der Waals surface area contributed by atoms with E-state index in [0.717, 1.165) is 0 Å². The molecule has 1 rings (SSSR count). The number of hydrogen-bond acceptors (Lipinski definition) is 1. The van der Waals surface area contributed by atoms with Crippen molar-refractivity contribution >= 4 is 0 Å². The van der Waals surface area contributed by atoms with Gasteiger partial charge in [0.25, 0.3) is 0 Å². The van der Waals surface area contributed by atoms with Gasteiger partial charge in [-0.3, -0.25) is 0 Å². The smallest absolute Gasteiger partial charge is 0.385 e. The second-order valence-electron chi connectivity index (χ2n) is 2.76. The van der Waals surface area contributed by atoms with Gasteiger partial charge in [-0.15, -0.1) is 0 Å². The predicted octanol–water partition coefficient (Wildman–Crippen LogP) is 1.50. The maximum absolute atomic E-state index is 9.50. The van der Waals surface area contributed by atoms with Crippen molar-refractivity contribution in [1.29, 1.82) is 0 Å². The molecule has 0 aromatic rings. The van der Waals surface area contributed by atoms with Gasteiger partial charge < -0.3 is 5.11 Å². The minimum absolute atomic E-state index is 0. The van der Waals surface area contributed by atoms with Gasteiger partial charge in [-0.05, 0) is 6.92 Å². The zero-order chi connectivity index (χ0) is 6.91. The maximum atomic E-state index is 9.50. The average Bonchev–Trinajstić information content (AvgIpc) is 1.77. The van der Waals surface area contributed by atoms with Gasteiger partial charge in [0.15, 0.2) is 0 Å². The van der Waals surface area contributed by atoms with E-state index >= 15 is 0 Å². The normalized spacial score (nSPS) is 37.3. The molecule has 0 aliphatic heterocycles. The fourth-order valence-corrected chi connectivity index (χ4v) is 0.828. The van der Waals surface area contributed by atoms with Crippen LogP contribution in [0.3, 0.4) is 0 Å². The van der Waals surface area contributed by atoms with Crippen molar-refractivity contribution in [2.75, 3.05) is 0 Å². The first-order valence-corrected chi connectivity index (χ1v) is 3.21. The van der Waals surface area contributed by atoms with E-state index in [1.165, 1.54) is 0 Å². The van der Waals surface area contributed by atoms with Gasteiger partial charge in [-0.2, -0.15) is 0 Å². The van der Waals surface area contributed by atoms with Crippen LogP contribution in [0, 0.1) is 5.92 Å². The van der Waals surface area contributed by atoms with Crippen LogP contribution in [0.25, 0.3) is 0 Å². The molecule has 0 amide bonds. The molecule has 0 aromatic carbocycles. The maximum Gasteiger partial charge on any atom is 2.00 e. The summed E-state index contributed by atoms with van der Waals surface area (Å²) in [5.74, 6) is 0.238. The average molecular weight is 183 g/mol. The third-order valence-electron chi connectivity index (χ3n) is 1.87. The fourth-order valence-electron chi connectivity index (χ4n) is 0.828. The standard InChI is InChI=1S/C8H12O.Co/c1-7-5-3-4-6-8(7,2)9;/h3-7,9H,1-2H3;/q;+2. The molecule has 0 heterocycles. The Morgan fingerprint density at radius 3 is 2.30 bits per heavy atom. The van der Waals surface area contributed by atoms with E-state index in [9.17, 15) is 5.11 Å². The predicted molar refractivity (Wildman–Crippen MR) is 38.1 cm³/mol. The summed E-state index contributed by atoms with van der Waals surface area (Å²) in [7, 11) is 0. The molecule has 0 aromatic heterocycles. The molecule has 1 radical (unpaired) electrons. The second-order valence-corrected chi connectivity index (χ2v) is 2.76. The first-order valence-electron chi connectivity index (χ1n) is 3.21. The Morgan fingerprint density at radius 2 is 2.00 bits per heavy atom. The summed E-state index contributed by atoms with van der Waals surface area (Å²) in [5, 5.41) is 9.50. The third-order valence-corrected chi connectivity index (χ3v) is 1.87. The number of hydrogen-bond donors (Lipinski definition) is 1. The van der Waals surface area contributed by atoms with Crippen LogP contribution in [0.1, 0.15) is 13.8 Å². The van der Waals surface area contributed by atoms with E-state index in [-0.39, 0.29) is 22.7 Å². The molecule has 57 valence electrons. The molecule has 0 bridgehead atoms. The van der Waals surface area contributed by atoms with Gasteiger partial charge in [0.1, 0.15) is 0 Å². The zero-order valence-corrected chi connectivity index (χ0v) is 7.21. The van der Waals surface area contributed by atoms with Crippen molar-refractivity contribution in [3.63, 3.8) is 0 Å². The Labute approximate surface area is 72.0 Å².